The van der Waals surface area contributed by atoms with Crippen molar-refractivity contribution in [1.29, 1.82) is 0 Å². The van der Waals surface area contributed by atoms with Crippen LogP contribution >= 0.6 is 11.6 Å². The molecule has 27 heavy (non-hydrogen) atoms. The number of nitrogens with zero attached hydrogens (tertiary/aromatic N) is 2. The number of furan rings is 1. The van der Waals surface area contributed by atoms with Gasteiger partial charge in [0, 0.05) is 0 Å². The fraction of sp³-hybridized carbons (Fsp3) is 0.278. The molecule has 0 aliphatic carbocycles. The zero-order valence-corrected chi connectivity index (χ0v) is 15.6. The number of hydrogen-bond donors (Lipinski definition) is 0. The van der Waals surface area contributed by atoms with Gasteiger partial charge in [-0.2, -0.15) is 0 Å². The second-order valence-electron chi connectivity index (χ2n) is 5.71. The molecule has 0 unspecified atom stereocenters. The summed E-state index contributed by atoms with van der Waals surface area (Å²) in [6.45, 7) is 3.52. The van der Waals surface area contributed by atoms with Crippen LogP contribution in [0.2, 0.25) is 5.02 Å². The molecule has 2 heterocycles. The minimum atomic E-state index is -0.621. The normalized spacial score (nSPS) is 10.9. The van der Waals surface area contributed by atoms with Crippen LogP contribution in [-0.4, -0.2) is 29.4 Å². The first-order valence-electron chi connectivity index (χ1n) is 8.05. The number of carbonyl (C=O) groups is 1. The highest BCUT2D eigenvalue weighted by Crippen LogP contribution is 2.37. The maximum Gasteiger partial charge on any atom is 0.338 e. The first kappa shape index (κ1) is 18.8. The van der Waals surface area contributed by atoms with Crippen LogP contribution in [0.1, 0.15) is 30.1 Å². The zero-order chi connectivity index (χ0) is 19.4. The van der Waals surface area contributed by atoms with Gasteiger partial charge in [0.15, 0.2) is 23.9 Å². The topological polar surface area (TPSA) is 96.8 Å². The average molecular weight is 393 g/mol. The van der Waals surface area contributed by atoms with E-state index in [1.165, 1.54) is 25.5 Å². The summed E-state index contributed by atoms with van der Waals surface area (Å²) in [5.74, 6) is 0.839. The van der Waals surface area contributed by atoms with Gasteiger partial charge in [0.25, 0.3) is 11.8 Å². The molecule has 1 aromatic carbocycles. The fourth-order valence-electron chi connectivity index (χ4n) is 2.21. The van der Waals surface area contributed by atoms with E-state index in [1.807, 2.05) is 13.8 Å². The van der Waals surface area contributed by atoms with Crippen molar-refractivity contribution in [3.63, 3.8) is 0 Å². The zero-order valence-electron chi connectivity index (χ0n) is 14.9. The fourth-order valence-corrected chi connectivity index (χ4v) is 2.47. The van der Waals surface area contributed by atoms with E-state index in [-0.39, 0.29) is 35.1 Å². The first-order chi connectivity index (χ1) is 13.0. The number of ether oxygens (including phenoxy) is 3. The number of benzene rings is 1. The molecule has 3 aromatic rings. The maximum atomic E-state index is 12.3. The Morgan fingerprint density at radius 2 is 2.11 bits per heavy atom. The molecular weight excluding hydrogens is 376 g/mol. The second kappa shape index (κ2) is 8.13. The summed E-state index contributed by atoms with van der Waals surface area (Å²) in [7, 11) is 1.46. The Bertz CT molecular complexity index is 920. The van der Waals surface area contributed by atoms with Gasteiger partial charge >= 0.3 is 5.97 Å². The molecule has 0 aliphatic rings. The van der Waals surface area contributed by atoms with Crippen molar-refractivity contribution in [2.24, 2.45) is 0 Å². The molecule has 3 rings (SSSR count). The van der Waals surface area contributed by atoms with E-state index in [0.29, 0.717) is 17.3 Å². The first-order valence-corrected chi connectivity index (χ1v) is 8.43. The second-order valence-corrected chi connectivity index (χ2v) is 6.12. The lowest BCUT2D eigenvalue weighted by Crippen LogP contribution is -2.09. The van der Waals surface area contributed by atoms with Gasteiger partial charge in [0.1, 0.15) is 0 Å². The largest absolute Gasteiger partial charge is 0.493 e. The lowest BCUT2D eigenvalue weighted by Gasteiger charge is -2.16. The molecule has 0 saturated heterocycles. The van der Waals surface area contributed by atoms with E-state index in [4.69, 9.17) is 34.6 Å². The molecule has 9 heteroatoms. The Hall–Kier alpha value is -3.00. The van der Waals surface area contributed by atoms with Crippen LogP contribution in [-0.2, 0) is 11.3 Å². The molecule has 0 aliphatic heterocycles. The predicted octanol–water partition coefficient (Wildman–Crippen LogP) is 4.14. The smallest absolute Gasteiger partial charge is 0.338 e. The number of rotatable bonds is 7. The van der Waals surface area contributed by atoms with E-state index in [0.717, 1.165) is 0 Å². The molecule has 0 fully saturated rings. The summed E-state index contributed by atoms with van der Waals surface area (Å²) in [4.78, 5) is 12.3. The van der Waals surface area contributed by atoms with Gasteiger partial charge in [-0.05, 0) is 38.1 Å². The average Bonchev–Trinajstić information content (AvgIpc) is 3.32. The summed E-state index contributed by atoms with van der Waals surface area (Å²) in [6, 6.07) is 6.32. The molecule has 0 N–H and O–H groups in total. The monoisotopic (exact) mass is 392 g/mol. The van der Waals surface area contributed by atoms with Gasteiger partial charge in [-0.25, -0.2) is 4.79 Å². The van der Waals surface area contributed by atoms with Crippen LogP contribution in [0.5, 0.6) is 11.5 Å². The molecule has 0 atom stereocenters. The third-order valence-corrected chi connectivity index (χ3v) is 3.62. The highest BCUT2D eigenvalue weighted by Gasteiger charge is 2.19. The minimum absolute atomic E-state index is 0.102. The van der Waals surface area contributed by atoms with Crippen LogP contribution in [0, 0.1) is 0 Å². The Morgan fingerprint density at radius 1 is 1.30 bits per heavy atom. The summed E-state index contributed by atoms with van der Waals surface area (Å²) < 4.78 is 26.6. The van der Waals surface area contributed by atoms with Crippen molar-refractivity contribution < 1.29 is 27.8 Å². The van der Waals surface area contributed by atoms with Crippen LogP contribution in [0.15, 0.2) is 39.4 Å². The molecule has 0 amide bonds. The summed E-state index contributed by atoms with van der Waals surface area (Å²) in [6.07, 6.45) is 1.39. The number of halogens is 1. The highest BCUT2D eigenvalue weighted by atomic mass is 35.5. The Labute approximate surface area is 160 Å². The summed E-state index contributed by atoms with van der Waals surface area (Å²) >= 11 is 6.21. The van der Waals surface area contributed by atoms with Crippen molar-refractivity contribution in [3.05, 3.63) is 47.0 Å². The SMILES string of the molecule is COc1cc(C(=O)OCc2nnc(-c3ccco3)o2)cc(Cl)c1OC(C)C. The number of methoxy groups -OCH3 is 1. The summed E-state index contributed by atoms with van der Waals surface area (Å²) in [5, 5.41) is 7.89. The number of aromatic nitrogens is 2. The molecular formula is C18H17ClN2O6. The van der Waals surface area contributed by atoms with Crippen molar-refractivity contribution >= 4 is 17.6 Å². The van der Waals surface area contributed by atoms with Gasteiger partial charge in [-0.15, -0.1) is 10.2 Å². The van der Waals surface area contributed by atoms with Gasteiger partial charge in [-0.1, -0.05) is 11.6 Å². The minimum Gasteiger partial charge on any atom is -0.493 e. The number of hydrogen-bond acceptors (Lipinski definition) is 8. The van der Waals surface area contributed by atoms with Crippen molar-refractivity contribution in [2.75, 3.05) is 7.11 Å². The lowest BCUT2D eigenvalue weighted by molar-refractivity contribution is 0.0438. The van der Waals surface area contributed by atoms with Gasteiger partial charge < -0.3 is 23.0 Å². The maximum absolute atomic E-state index is 12.3. The predicted molar refractivity (Wildman–Crippen MR) is 94.9 cm³/mol. The van der Waals surface area contributed by atoms with Crippen LogP contribution in [0.25, 0.3) is 11.7 Å². The Morgan fingerprint density at radius 3 is 2.78 bits per heavy atom. The molecule has 0 bridgehead atoms. The van der Waals surface area contributed by atoms with Crippen molar-refractivity contribution in [2.45, 2.75) is 26.6 Å². The molecule has 0 radical (unpaired) electrons. The van der Waals surface area contributed by atoms with Crippen molar-refractivity contribution in [1.82, 2.24) is 10.2 Å². The summed E-state index contributed by atoms with van der Waals surface area (Å²) in [5.41, 5.74) is 0.207. The van der Waals surface area contributed by atoms with Crippen LogP contribution in [0.3, 0.4) is 0 Å². The standard InChI is InChI=1S/C18H17ClN2O6/c1-10(2)26-16-12(19)7-11(8-14(16)23-3)18(22)25-9-15-20-21-17(27-15)13-5-4-6-24-13/h4-8,10H,9H2,1-3H3. The van der Waals surface area contributed by atoms with Gasteiger partial charge in [0.2, 0.25) is 0 Å². The van der Waals surface area contributed by atoms with E-state index in [9.17, 15) is 4.79 Å². The molecule has 8 nitrogen and oxygen atoms in total. The Kier molecular flexibility index (Phi) is 5.66. The van der Waals surface area contributed by atoms with Crippen molar-refractivity contribution in [3.8, 4) is 23.1 Å². The lowest BCUT2D eigenvalue weighted by atomic mass is 10.2. The van der Waals surface area contributed by atoms with Crippen LogP contribution < -0.4 is 9.47 Å². The quantitative estimate of drug-likeness (QED) is 0.553. The molecule has 0 spiro atoms. The number of carbonyl (C=O) groups excluding carboxylic acids is 1. The Balaban J connectivity index is 1.70. The molecule has 2 aromatic heterocycles. The van der Waals surface area contributed by atoms with Gasteiger partial charge in [0.05, 0.1) is 30.1 Å². The van der Waals surface area contributed by atoms with E-state index in [2.05, 4.69) is 10.2 Å². The van der Waals surface area contributed by atoms with E-state index >= 15 is 0 Å². The molecule has 142 valence electrons. The van der Waals surface area contributed by atoms with Gasteiger partial charge in [-0.3, -0.25) is 0 Å². The van der Waals surface area contributed by atoms with E-state index in [1.54, 1.807) is 12.1 Å². The highest BCUT2D eigenvalue weighted by molar-refractivity contribution is 6.32. The van der Waals surface area contributed by atoms with E-state index < -0.39 is 5.97 Å². The van der Waals surface area contributed by atoms with Crippen LogP contribution in [0.4, 0.5) is 0 Å². The number of esters is 1. The third-order valence-electron chi connectivity index (χ3n) is 3.34. The third kappa shape index (κ3) is 4.40. The molecule has 0 saturated carbocycles.